The molecular weight excluding hydrogens is 357 g/mol. The van der Waals surface area contributed by atoms with E-state index < -0.39 is 28.3 Å². The fraction of sp³-hybridized carbons (Fsp3) is 0.364. The molecule has 4 nitrogen and oxygen atoms in total. The van der Waals surface area contributed by atoms with E-state index in [1.54, 1.807) is 0 Å². The van der Waals surface area contributed by atoms with E-state index in [1.807, 2.05) is 0 Å². The summed E-state index contributed by atoms with van der Waals surface area (Å²) in [6, 6.07) is 2.83. The second-order valence-electron chi connectivity index (χ2n) is 3.55. The number of hydrogen-bond donors (Lipinski definition) is 0. The Labute approximate surface area is 133 Å². The average Bonchev–Trinajstić information content (AvgIpc) is 2.29. The van der Waals surface area contributed by atoms with Crippen LogP contribution in [0.3, 0.4) is 0 Å². The van der Waals surface area contributed by atoms with E-state index in [0.29, 0.717) is 6.07 Å². The number of anilines is 1. The molecule has 1 aromatic rings. The third-order valence-corrected chi connectivity index (χ3v) is 2.41. The standard InChI is InChI=1S/C11H9Cl3F3NO3/c1-2-18(10(19)21-11(12,13)14)8-4-3-6(5-7(8)15)20-9(16)17/h3-5,9H,2H2,1H3. The van der Waals surface area contributed by atoms with Gasteiger partial charge in [0.25, 0.3) is 0 Å². The number of nitrogens with zero attached hydrogens (tertiary/aromatic N) is 1. The van der Waals surface area contributed by atoms with Gasteiger partial charge in [0.15, 0.2) is 5.82 Å². The zero-order valence-electron chi connectivity index (χ0n) is 10.5. The van der Waals surface area contributed by atoms with Gasteiger partial charge in [0.1, 0.15) is 5.75 Å². The van der Waals surface area contributed by atoms with Crippen LogP contribution in [0, 0.1) is 5.82 Å². The first-order chi connectivity index (χ1) is 9.64. The average molecular weight is 367 g/mol. The molecule has 0 unspecified atom stereocenters. The highest BCUT2D eigenvalue weighted by atomic mass is 35.6. The van der Waals surface area contributed by atoms with E-state index >= 15 is 0 Å². The fourth-order valence-electron chi connectivity index (χ4n) is 1.43. The maximum atomic E-state index is 13.9. The number of carbonyl (C=O) groups excluding carboxylic acids is 1. The normalized spacial score (nSPS) is 11.4. The lowest BCUT2D eigenvalue weighted by atomic mass is 10.2. The van der Waals surface area contributed by atoms with Crippen molar-refractivity contribution in [1.29, 1.82) is 0 Å². The Bertz CT molecular complexity index is 511. The molecule has 0 aliphatic rings. The Morgan fingerprint density at radius 3 is 2.43 bits per heavy atom. The Morgan fingerprint density at radius 1 is 1.38 bits per heavy atom. The van der Waals surface area contributed by atoms with Crippen molar-refractivity contribution in [2.75, 3.05) is 11.4 Å². The monoisotopic (exact) mass is 365 g/mol. The van der Waals surface area contributed by atoms with Crippen LogP contribution in [-0.2, 0) is 4.74 Å². The predicted molar refractivity (Wildman–Crippen MR) is 72.8 cm³/mol. The lowest BCUT2D eigenvalue weighted by Gasteiger charge is -2.23. The van der Waals surface area contributed by atoms with Gasteiger partial charge in [-0.05, 0) is 53.9 Å². The van der Waals surface area contributed by atoms with Crippen molar-refractivity contribution in [1.82, 2.24) is 0 Å². The Kier molecular flexibility index (Phi) is 6.24. The number of amides is 1. The number of benzene rings is 1. The summed E-state index contributed by atoms with van der Waals surface area (Å²) in [6.07, 6.45) is -1.11. The smallest absolute Gasteiger partial charge is 0.417 e. The minimum atomic E-state index is -3.09. The van der Waals surface area contributed by atoms with Gasteiger partial charge in [-0.2, -0.15) is 8.78 Å². The van der Waals surface area contributed by atoms with Gasteiger partial charge in [-0.1, -0.05) is 0 Å². The zero-order valence-corrected chi connectivity index (χ0v) is 12.7. The molecule has 0 saturated carbocycles. The summed E-state index contributed by atoms with van der Waals surface area (Å²) >= 11 is 15.9. The highest BCUT2D eigenvalue weighted by molar-refractivity contribution is 6.66. The van der Waals surface area contributed by atoms with Gasteiger partial charge < -0.3 is 9.47 Å². The summed E-state index contributed by atoms with van der Waals surface area (Å²) in [6.45, 7) is -1.58. The van der Waals surface area contributed by atoms with Crippen LogP contribution in [0.4, 0.5) is 23.7 Å². The van der Waals surface area contributed by atoms with Gasteiger partial charge in [0.05, 0.1) is 5.69 Å². The second kappa shape index (κ2) is 7.29. The van der Waals surface area contributed by atoms with Crippen LogP contribution in [0.25, 0.3) is 0 Å². The predicted octanol–water partition coefficient (Wildman–Crippen LogP) is 4.72. The molecule has 0 aromatic heterocycles. The van der Waals surface area contributed by atoms with Crippen LogP contribution in [0.15, 0.2) is 18.2 Å². The first-order valence-electron chi connectivity index (χ1n) is 5.45. The van der Waals surface area contributed by atoms with Crippen LogP contribution < -0.4 is 9.64 Å². The van der Waals surface area contributed by atoms with Gasteiger partial charge in [0.2, 0.25) is 0 Å². The van der Waals surface area contributed by atoms with Crippen molar-refractivity contribution in [3.63, 3.8) is 0 Å². The van der Waals surface area contributed by atoms with Gasteiger partial charge in [-0.25, -0.2) is 9.18 Å². The summed E-state index contributed by atoms with van der Waals surface area (Å²) in [4.78, 5) is 12.6. The summed E-state index contributed by atoms with van der Waals surface area (Å²) in [5.74, 6) is -1.37. The molecule has 1 rings (SSSR count). The molecule has 0 radical (unpaired) electrons. The van der Waals surface area contributed by atoms with E-state index in [2.05, 4.69) is 9.47 Å². The van der Waals surface area contributed by atoms with Crippen LogP contribution >= 0.6 is 34.8 Å². The van der Waals surface area contributed by atoms with Gasteiger partial charge in [-0.3, -0.25) is 4.90 Å². The Hall–Kier alpha value is -1.05. The van der Waals surface area contributed by atoms with Crippen molar-refractivity contribution in [2.45, 2.75) is 17.5 Å². The van der Waals surface area contributed by atoms with E-state index in [0.717, 1.165) is 17.0 Å². The molecule has 1 amide bonds. The molecule has 21 heavy (non-hydrogen) atoms. The molecule has 0 spiro atoms. The SMILES string of the molecule is CCN(C(=O)OC(Cl)(Cl)Cl)c1ccc(OC(F)F)cc1F. The molecule has 0 N–H and O–H groups in total. The number of carbonyl (C=O) groups is 1. The largest absolute Gasteiger partial charge is 0.435 e. The van der Waals surface area contributed by atoms with E-state index in [4.69, 9.17) is 34.8 Å². The van der Waals surface area contributed by atoms with Crippen LogP contribution in [0.2, 0.25) is 0 Å². The van der Waals surface area contributed by atoms with Crippen molar-refractivity contribution in [2.24, 2.45) is 0 Å². The highest BCUT2D eigenvalue weighted by Crippen LogP contribution is 2.31. The summed E-state index contributed by atoms with van der Waals surface area (Å²) in [7, 11) is 0. The Balaban J connectivity index is 2.98. The molecule has 0 bridgehead atoms. The number of ether oxygens (including phenoxy) is 2. The molecule has 0 fully saturated rings. The molecule has 0 saturated heterocycles. The zero-order chi connectivity index (χ0) is 16.2. The number of rotatable bonds is 4. The van der Waals surface area contributed by atoms with Crippen LogP contribution in [0.1, 0.15) is 6.92 Å². The van der Waals surface area contributed by atoms with Crippen molar-refractivity contribution < 1.29 is 27.4 Å². The molecule has 0 atom stereocenters. The summed E-state index contributed by atoms with van der Waals surface area (Å²) in [5.41, 5.74) is -0.238. The van der Waals surface area contributed by atoms with E-state index in [-0.39, 0.29) is 12.2 Å². The quantitative estimate of drug-likeness (QED) is 0.724. The first-order valence-corrected chi connectivity index (χ1v) is 6.59. The molecule has 0 aliphatic carbocycles. The van der Waals surface area contributed by atoms with Crippen LogP contribution in [-0.4, -0.2) is 23.2 Å². The summed E-state index contributed by atoms with van der Waals surface area (Å²) < 4.78 is 44.1. The number of alkyl halides is 5. The topological polar surface area (TPSA) is 38.8 Å². The lowest BCUT2D eigenvalue weighted by molar-refractivity contribution is -0.0499. The number of halogens is 6. The van der Waals surface area contributed by atoms with E-state index in [9.17, 15) is 18.0 Å². The van der Waals surface area contributed by atoms with Crippen molar-refractivity contribution >= 4 is 46.6 Å². The maximum Gasteiger partial charge on any atom is 0.417 e. The second-order valence-corrected chi connectivity index (χ2v) is 5.73. The summed E-state index contributed by atoms with van der Waals surface area (Å²) in [5, 5.41) is 0. The van der Waals surface area contributed by atoms with E-state index in [1.165, 1.54) is 6.92 Å². The fourth-order valence-corrected chi connectivity index (χ4v) is 1.63. The minimum Gasteiger partial charge on any atom is -0.435 e. The van der Waals surface area contributed by atoms with Crippen molar-refractivity contribution in [3.05, 3.63) is 24.0 Å². The third-order valence-electron chi connectivity index (χ3n) is 2.17. The maximum absolute atomic E-state index is 13.9. The Morgan fingerprint density at radius 2 is 2.00 bits per heavy atom. The van der Waals surface area contributed by atoms with Gasteiger partial charge in [0, 0.05) is 12.6 Å². The first kappa shape index (κ1) is 18.0. The molecular formula is C11H9Cl3F3NO3. The highest BCUT2D eigenvalue weighted by Gasteiger charge is 2.29. The van der Waals surface area contributed by atoms with Gasteiger partial charge in [-0.15, -0.1) is 0 Å². The third kappa shape index (κ3) is 5.68. The van der Waals surface area contributed by atoms with Crippen molar-refractivity contribution in [3.8, 4) is 5.75 Å². The molecule has 10 heteroatoms. The number of hydrogen-bond acceptors (Lipinski definition) is 3. The molecule has 1 aromatic carbocycles. The molecule has 0 heterocycles. The molecule has 118 valence electrons. The molecule has 0 aliphatic heterocycles. The van der Waals surface area contributed by atoms with Gasteiger partial charge >= 0.3 is 16.7 Å². The van der Waals surface area contributed by atoms with Crippen LogP contribution in [0.5, 0.6) is 5.75 Å². The minimum absolute atomic E-state index is 0.00838. The lowest BCUT2D eigenvalue weighted by Crippen LogP contribution is -2.34.